The summed E-state index contributed by atoms with van der Waals surface area (Å²) in [6.45, 7) is 1.51. The second-order valence-corrected chi connectivity index (χ2v) is 2.83. The van der Waals surface area contributed by atoms with Crippen LogP contribution in [0, 0.1) is 0 Å². The van der Waals surface area contributed by atoms with Gasteiger partial charge >= 0.3 is 0 Å². The molecule has 0 aliphatic heterocycles. The van der Waals surface area contributed by atoms with Crippen LogP contribution < -0.4 is 17.1 Å². The van der Waals surface area contributed by atoms with E-state index in [4.69, 9.17) is 23.9 Å². The number of hydrazine groups is 2. The first kappa shape index (κ1) is 10.6. The molecule has 0 saturated heterocycles. The molecule has 0 spiro atoms. The monoisotopic (exact) mass is 177 g/mol. The summed E-state index contributed by atoms with van der Waals surface area (Å²) in [5.74, 6) is 10.6. The average molecular weight is 177 g/mol. The van der Waals surface area contributed by atoms with Gasteiger partial charge in [-0.05, 0) is 26.3 Å². The van der Waals surface area contributed by atoms with Gasteiger partial charge in [0.05, 0.1) is 0 Å². The molecule has 0 aromatic rings. The Morgan fingerprint density at radius 1 is 1.45 bits per heavy atom. The van der Waals surface area contributed by atoms with Crippen molar-refractivity contribution >= 4 is 17.3 Å². The van der Waals surface area contributed by atoms with Crippen LogP contribution in [0.5, 0.6) is 0 Å². The number of thiocarbonyl (C=S) groups is 1. The molecule has 0 radical (unpaired) electrons. The van der Waals surface area contributed by atoms with E-state index in [1.54, 1.807) is 0 Å². The third kappa shape index (κ3) is 4.91. The van der Waals surface area contributed by atoms with E-state index in [0.29, 0.717) is 11.7 Å². The molecule has 0 atom stereocenters. The minimum atomic E-state index is 0.354. The van der Waals surface area contributed by atoms with Crippen molar-refractivity contribution in [2.24, 2.45) is 11.7 Å². The van der Waals surface area contributed by atoms with Crippen molar-refractivity contribution in [2.75, 3.05) is 27.2 Å². The van der Waals surface area contributed by atoms with E-state index in [1.807, 2.05) is 19.0 Å². The summed E-state index contributed by atoms with van der Waals surface area (Å²) in [7, 11) is 3.93. The molecule has 11 heavy (non-hydrogen) atoms. The minimum absolute atomic E-state index is 0.354. The van der Waals surface area contributed by atoms with Gasteiger partial charge in [0, 0.05) is 13.1 Å². The highest BCUT2D eigenvalue weighted by atomic mass is 32.1. The Kier molecular flexibility index (Phi) is 5.05. The van der Waals surface area contributed by atoms with Gasteiger partial charge in [-0.1, -0.05) is 0 Å². The van der Waals surface area contributed by atoms with E-state index in [9.17, 15) is 0 Å². The fraction of sp³-hybridized carbons (Fsp3) is 0.800. The van der Waals surface area contributed by atoms with Crippen molar-refractivity contribution in [3.8, 4) is 0 Å². The van der Waals surface area contributed by atoms with E-state index < -0.39 is 0 Å². The second kappa shape index (κ2) is 5.25. The lowest BCUT2D eigenvalue weighted by molar-refractivity contribution is 0.333. The smallest absolute Gasteiger partial charge is 0.197 e. The number of likely N-dealkylation sites (N-methyl/N-ethyl adjacent to an activating group) is 1. The minimum Gasteiger partial charge on any atom is -0.308 e. The Morgan fingerprint density at radius 3 is 2.36 bits per heavy atom. The maximum absolute atomic E-state index is 5.50. The average Bonchev–Trinajstić information content (AvgIpc) is 1.98. The fourth-order valence-electron chi connectivity index (χ4n) is 0.492. The van der Waals surface area contributed by atoms with Crippen LogP contribution in [0.2, 0.25) is 0 Å². The lowest BCUT2D eigenvalue weighted by Crippen LogP contribution is -2.49. The summed E-state index contributed by atoms with van der Waals surface area (Å²) in [5.41, 5.74) is 2.30. The lowest BCUT2D eigenvalue weighted by Gasteiger charge is -2.20. The molecule has 0 rings (SSSR count). The van der Waals surface area contributed by atoms with E-state index in [2.05, 4.69) is 5.43 Å². The quantitative estimate of drug-likeness (QED) is 0.276. The van der Waals surface area contributed by atoms with Crippen molar-refractivity contribution in [2.45, 2.75) is 0 Å². The predicted octanol–water partition coefficient (Wildman–Crippen LogP) is -1.53. The molecule has 0 saturated carbocycles. The molecule has 0 bridgehead atoms. The molecule has 0 fully saturated rings. The number of hydrogen-bond donors (Lipinski definition) is 3. The van der Waals surface area contributed by atoms with Crippen LogP contribution in [0.1, 0.15) is 0 Å². The molecule has 0 aliphatic rings. The SMILES string of the molecule is CN(C)CCN(N)C(=S)NN. The molecule has 5 nitrogen and oxygen atoms in total. The number of nitrogens with one attached hydrogen (secondary N) is 1. The van der Waals surface area contributed by atoms with E-state index >= 15 is 0 Å². The summed E-state index contributed by atoms with van der Waals surface area (Å²) in [6, 6.07) is 0. The highest BCUT2D eigenvalue weighted by Gasteiger charge is 2.01. The number of nitrogens with two attached hydrogens (primary N) is 2. The first-order valence-corrected chi connectivity index (χ1v) is 3.66. The van der Waals surface area contributed by atoms with Gasteiger partial charge in [-0.25, -0.2) is 11.7 Å². The third-order valence-electron chi connectivity index (χ3n) is 1.17. The summed E-state index contributed by atoms with van der Waals surface area (Å²) in [5, 5.41) is 1.75. The van der Waals surface area contributed by atoms with Crippen molar-refractivity contribution in [1.82, 2.24) is 15.3 Å². The van der Waals surface area contributed by atoms with Crippen LogP contribution in [0.15, 0.2) is 0 Å². The van der Waals surface area contributed by atoms with E-state index in [1.165, 1.54) is 5.01 Å². The molecule has 0 amide bonds. The van der Waals surface area contributed by atoms with Crippen molar-refractivity contribution < 1.29 is 0 Å². The number of hydrogen-bond acceptors (Lipinski definition) is 4. The molecule has 6 heteroatoms. The predicted molar refractivity (Wildman–Crippen MR) is 49.4 cm³/mol. The van der Waals surface area contributed by atoms with Crippen LogP contribution in [-0.2, 0) is 0 Å². The van der Waals surface area contributed by atoms with Crippen LogP contribution >= 0.6 is 12.2 Å². The number of nitrogens with zero attached hydrogens (tertiary/aromatic N) is 2. The van der Waals surface area contributed by atoms with Gasteiger partial charge in [0.1, 0.15) is 0 Å². The normalized spacial score (nSPS) is 9.91. The van der Waals surface area contributed by atoms with Gasteiger partial charge in [0.15, 0.2) is 5.11 Å². The van der Waals surface area contributed by atoms with Gasteiger partial charge < -0.3 is 4.90 Å². The number of rotatable bonds is 3. The van der Waals surface area contributed by atoms with Gasteiger partial charge in [-0.15, -0.1) is 0 Å². The van der Waals surface area contributed by atoms with Crippen LogP contribution in [-0.4, -0.2) is 42.2 Å². The molecule has 0 aromatic heterocycles. The highest BCUT2D eigenvalue weighted by molar-refractivity contribution is 7.80. The molecule has 0 heterocycles. The van der Waals surface area contributed by atoms with Crippen LogP contribution in [0.3, 0.4) is 0 Å². The van der Waals surface area contributed by atoms with Crippen molar-refractivity contribution in [3.05, 3.63) is 0 Å². The zero-order valence-corrected chi connectivity index (χ0v) is 7.69. The van der Waals surface area contributed by atoms with Crippen LogP contribution in [0.4, 0.5) is 0 Å². The van der Waals surface area contributed by atoms with Gasteiger partial charge in [-0.3, -0.25) is 10.4 Å². The zero-order chi connectivity index (χ0) is 8.85. The van der Waals surface area contributed by atoms with Crippen molar-refractivity contribution in [3.63, 3.8) is 0 Å². The first-order valence-electron chi connectivity index (χ1n) is 3.25. The van der Waals surface area contributed by atoms with E-state index in [-0.39, 0.29) is 0 Å². The molecule has 0 aliphatic carbocycles. The molecule has 5 N–H and O–H groups in total. The third-order valence-corrected chi connectivity index (χ3v) is 1.52. The van der Waals surface area contributed by atoms with Gasteiger partial charge in [0.25, 0.3) is 0 Å². The molecule has 66 valence electrons. The Labute approximate surface area is 72.2 Å². The van der Waals surface area contributed by atoms with Gasteiger partial charge in [0.2, 0.25) is 0 Å². The Bertz CT molecular complexity index is 126. The molecular formula is C5H15N5S. The maximum Gasteiger partial charge on any atom is 0.197 e. The summed E-state index contributed by atoms with van der Waals surface area (Å²) < 4.78 is 0. The highest BCUT2D eigenvalue weighted by Crippen LogP contribution is 1.80. The summed E-state index contributed by atoms with van der Waals surface area (Å²) in [4.78, 5) is 2.01. The lowest BCUT2D eigenvalue weighted by atomic mass is 10.6. The first-order chi connectivity index (χ1) is 5.07. The van der Waals surface area contributed by atoms with Crippen molar-refractivity contribution in [1.29, 1.82) is 0 Å². The van der Waals surface area contributed by atoms with Gasteiger partial charge in [-0.2, -0.15) is 0 Å². The van der Waals surface area contributed by atoms with E-state index in [0.717, 1.165) is 6.54 Å². The van der Waals surface area contributed by atoms with Crippen LogP contribution in [0.25, 0.3) is 0 Å². The Hall–Kier alpha value is -0.430. The summed E-state index contributed by atoms with van der Waals surface area (Å²) >= 11 is 4.78. The Morgan fingerprint density at radius 2 is 2.00 bits per heavy atom. The summed E-state index contributed by atoms with van der Waals surface area (Å²) in [6.07, 6.45) is 0. The largest absolute Gasteiger partial charge is 0.308 e. The second-order valence-electron chi connectivity index (χ2n) is 2.45. The zero-order valence-electron chi connectivity index (χ0n) is 6.87. The standard InChI is InChI=1S/C5H15N5S/c1-9(2)3-4-10(7)5(11)8-6/h3-4,6-7H2,1-2H3,(H,8,11). The fourth-order valence-corrected chi connectivity index (χ4v) is 0.583. The topological polar surface area (TPSA) is 70.5 Å². The molecular weight excluding hydrogens is 162 g/mol. The Balaban J connectivity index is 3.52. The molecule has 0 aromatic carbocycles. The maximum atomic E-state index is 5.50. The molecule has 0 unspecified atom stereocenters.